The van der Waals surface area contributed by atoms with Crippen LogP contribution < -0.4 is 0 Å². The molecule has 0 fully saturated rings. The average molecular weight is 206 g/mol. The first-order valence-corrected chi connectivity index (χ1v) is 5.26. The van der Waals surface area contributed by atoms with Gasteiger partial charge in [0.25, 0.3) is 0 Å². The second-order valence-electron chi connectivity index (χ2n) is 3.42. The van der Waals surface area contributed by atoms with Gasteiger partial charge in [-0.3, -0.25) is 4.99 Å². The predicted octanol–water partition coefficient (Wildman–Crippen LogP) is 2.75. The van der Waals surface area contributed by atoms with Gasteiger partial charge in [0.15, 0.2) is 0 Å². The van der Waals surface area contributed by atoms with Crippen LogP contribution in [0.1, 0.15) is 27.2 Å². The lowest BCUT2D eigenvalue weighted by atomic mass is 10.1. The summed E-state index contributed by atoms with van der Waals surface area (Å²) in [6, 6.07) is 0. The highest BCUT2D eigenvalue weighted by Crippen LogP contribution is 2.23. The van der Waals surface area contributed by atoms with Crippen LogP contribution in [-0.4, -0.2) is 25.1 Å². The third kappa shape index (κ3) is 2.78. The van der Waals surface area contributed by atoms with E-state index in [1.807, 2.05) is 13.8 Å². The first-order valence-electron chi connectivity index (χ1n) is 5.26. The van der Waals surface area contributed by atoms with Gasteiger partial charge in [-0.1, -0.05) is 13.5 Å². The molecule has 0 aromatic carbocycles. The summed E-state index contributed by atoms with van der Waals surface area (Å²) in [6.07, 6.45) is 2.70. The molecule has 0 amide bonds. The Labute approximate surface area is 91.3 Å². The fraction of sp³-hybridized carbons (Fsp3) is 0.500. The third-order valence-corrected chi connectivity index (χ3v) is 2.13. The van der Waals surface area contributed by atoms with Crippen molar-refractivity contribution in [1.82, 2.24) is 0 Å². The quantitative estimate of drug-likeness (QED) is 0.514. The Bertz CT molecular complexity index is 338. The standard InChI is InChI=1S/C12H18N2O/c1-5-7-15-12(13-6-2)11-9(3)8-14-10(11)4/h6H,3,5,7-8H2,1-2,4H3/b12-11-,13-6-. The van der Waals surface area contributed by atoms with Gasteiger partial charge >= 0.3 is 0 Å². The zero-order valence-corrected chi connectivity index (χ0v) is 9.71. The van der Waals surface area contributed by atoms with E-state index in [1.54, 1.807) is 6.21 Å². The highest BCUT2D eigenvalue weighted by molar-refractivity contribution is 6.05. The van der Waals surface area contributed by atoms with Crippen LogP contribution in [0, 0.1) is 0 Å². The molecule has 0 saturated heterocycles. The van der Waals surface area contributed by atoms with Crippen LogP contribution in [0.4, 0.5) is 0 Å². The average Bonchev–Trinajstić information content (AvgIpc) is 2.54. The molecular formula is C12H18N2O. The minimum absolute atomic E-state index is 0.656. The third-order valence-electron chi connectivity index (χ3n) is 2.13. The van der Waals surface area contributed by atoms with E-state index in [-0.39, 0.29) is 0 Å². The van der Waals surface area contributed by atoms with Crippen molar-refractivity contribution in [2.45, 2.75) is 27.2 Å². The van der Waals surface area contributed by atoms with Gasteiger partial charge in [0.1, 0.15) is 0 Å². The Balaban J connectivity index is 2.97. The molecule has 15 heavy (non-hydrogen) atoms. The number of rotatable bonds is 4. The minimum Gasteiger partial charge on any atom is -0.477 e. The van der Waals surface area contributed by atoms with E-state index in [2.05, 4.69) is 23.5 Å². The predicted molar refractivity (Wildman–Crippen MR) is 64.6 cm³/mol. The number of nitrogens with zero attached hydrogens (tertiary/aromatic N) is 2. The second-order valence-corrected chi connectivity index (χ2v) is 3.42. The molecule has 0 aromatic rings. The number of aliphatic imine (C=N–C) groups is 2. The summed E-state index contributed by atoms with van der Waals surface area (Å²) in [5.41, 5.74) is 2.93. The van der Waals surface area contributed by atoms with Crippen molar-refractivity contribution in [2.24, 2.45) is 9.98 Å². The van der Waals surface area contributed by atoms with Crippen LogP contribution in [0.25, 0.3) is 0 Å². The molecule has 0 saturated carbocycles. The monoisotopic (exact) mass is 206 g/mol. The van der Waals surface area contributed by atoms with Gasteiger partial charge in [-0.05, 0) is 25.8 Å². The summed E-state index contributed by atoms with van der Waals surface area (Å²) in [6.45, 7) is 11.2. The van der Waals surface area contributed by atoms with E-state index in [0.29, 0.717) is 19.0 Å². The molecule has 82 valence electrons. The Morgan fingerprint density at radius 1 is 1.67 bits per heavy atom. The van der Waals surface area contributed by atoms with Crippen LogP contribution in [0.2, 0.25) is 0 Å². The molecule has 3 nitrogen and oxygen atoms in total. The smallest absolute Gasteiger partial charge is 0.222 e. The van der Waals surface area contributed by atoms with Crippen molar-refractivity contribution in [3.05, 3.63) is 23.6 Å². The lowest BCUT2D eigenvalue weighted by molar-refractivity contribution is 0.209. The molecule has 1 heterocycles. The molecule has 0 atom stereocenters. The maximum absolute atomic E-state index is 5.60. The highest BCUT2D eigenvalue weighted by Gasteiger charge is 2.19. The Kier molecular flexibility index (Phi) is 4.28. The Hall–Kier alpha value is -1.38. The lowest BCUT2D eigenvalue weighted by Gasteiger charge is -2.09. The van der Waals surface area contributed by atoms with E-state index < -0.39 is 0 Å². The van der Waals surface area contributed by atoms with Gasteiger partial charge in [-0.15, -0.1) is 0 Å². The van der Waals surface area contributed by atoms with Gasteiger partial charge in [0.2, 0.25) is 5.88 Å². The molecule has 0 spiro atoms. The summed E-state index contributed by atoms with van der Waals surface area (Å²) in [7, 11) is 0. The fourth-order valence-corrected chi connectivity index (χ4v) is 1.42. The van der Waals surface area contributed by atoms with Gasteiger partial charge in [-0.2, -0.15) is 0 Å². The molecular weight excluding hydrogens is 188 g/mol. The van der Waals surface area contributed by atoms with Crippen LogP contribution in [0.15, 0.2) is 33.6 Å². The maximum atomic E-state index is 5.60. The Morgan fingerprint density at radius 2 is 2.40 bits per heavy atom. The molecule has 0 N–H and O–H groups in total. The maximum Gasteiger partial charge on any atom is 0.222 e. The molecule has 1 aliphatic rings. The van der Waals surface area contributed by atoms with Crippen molar-refractivity contribution >= 4 is 11.9 Å². The van der Waals surface area contributed by atoms with Crippen molar-refractivity contribution < 1.29 is 4.74 Å². The topological polar surface area (TPSA) is 34.0 Å². The molecule has 1 rings (SSSR count). The first kappa shape index (κ1) is 11.7. The minimum atomic E-state index is 0.656. The lowest BCUT2D eigenvalue weighted by Crippen LogP contribution is -2.02. The fourth-order valence-electron chi connectivity index (χ4n) is 1.42. The van der Waals surface area contributed by atoms with Crippen molar-refractivity contribution in [3.63, 3.8) is 0 Å². The molecule has 3 heteroatoms. The largest absolute Gasteiger partial charge is 0.477 e. The van der Waals surface area contributed by atoms with E-state index in [0.717, 1.165) is 23.3 Å². The summed E-state index contributed by atoms with van der Waals surface area (Å²) in [5.74, 6) is 0.656. The number of hydrogen-bond acceptors (Lipinski definition) is 3. The number of ether oxygens (including phenoxy) is 1. The van der Waals surface area contributed by atoms with Crippen LogP contribution >= 0.6 is 0 Å². The summed E-state index contributed by atoms with van der Waals surface area (Å²) in [5, 5.41) is 0. The van der Waals surface area contributed by atoms with Crippen LogP contribution in [-0.2, 0) is 4.74 Å². The van der Waals surface area contributed by atoms with E-state index >= 15 is 0 Å². The van der Waals surface area contributed by atoms with Gasteiger partial charge in [0, 0.05) is 11.9 Å². The summed E-state index contributed by atoms with van der Waals surface area (Å²) in [4.78, 5) is 8.55. The molecule has 0 aromatic heterocycles. The normalized spacial score (nSPS) is 19.7. The number of hydrogen-bond donors (Lipinski definition) is 0. The van der Waals surface area contributed by atoms with Gasteiger partial charge < -0.3 is 4.74 Å². The first-order chi connectivity index (χ1) is 7.20. The zero-order valence-electron chi connectivity index (χ0n) is 9.71. The second kappa shape index (κ2) is 5.49. The van der Waals surface area contributed by atoms with Crippen molar-refractivity contribution in [3.8, 4) is 0 Å². The molecule has 0 aliphatic carbocycles. The zero-order chi connectivity index (χ0) is 11.3. The van der Waals surface area contributed by atoms with Crippen LogP contribution in [0.3, 0.4) is 0 Å². The molecule has 1 aliphatic heterocycles. The summed E-state index contributed by atoms with van der Waals surface area (Å²) < 4.78 is 5.60. The van der Waals surface area contributed by atoms with E-state index in [4.69, 9.17) is 4.74 Å². The van der Waals surface area contributed by atoms with Gasteiger partial charge in [-0.25, -0.2) is 4.99 Å². The van der Waals surface area contributed by atoms with Crippen molar-refractivity contribution in [2.75, 3.05) is 13.2 Å². The van der Waals surface area contributed by atoms with E-state index in [1.165, 1.54) is 0 Å². The molecule has 0 unspecified atom stereocenters. The SMILES string of the molecule is C=C1CN=C(C)/C1=C(/N=C\C)OCCC. The van der Waals surface area contributed by atoms with Gasteiger partial charge in [0.05, 0.1) is 18.7 Å². The Morgan fingerprint density at radius 3 is 2.87 bits per heavy atom. The highest BCUT2D eigenvalue weighted by atomic mass is 16.5. The van der Waals surface area contributed by atoms with Crippen molar-refractivity contribution in [1.29, 1.82) is 0 Å². The molecule has 0 radical (unpaired) electrons. The summed E-state index contributed by atoms with van der Waals surface area (Å²) >= 11 is 0. The van der Waals surface area contributed by atoms with E-state index in [9.17, 15) is 0 Å². The van der Waals surface area contributed by atoms with Crippen LogP contribution in [0.5, 0.6) is 0 Å². The molecule has 0 bridgehead atoms.